The van der Waals surface area contributed by atoms with E-state index in [4.69, 9.17) is 4.42 Å². The van der Waals surface area contributed by atoms with Crippen LogP contribution in [0.25, 0.3) is 65.4 Å². The van der Waals surface area contributed by atoms with Gasteiger partial charge in [-0.3, -0.25) is 0 Å². The van der Waals surface area contributed by atoms with Crippen molar-refractivity contribution in [2.75, 3.05) is 0 Å². The first-order valence-corrected chi connectivity index (χ1v) is 13.0. The van der Waals surface area contributed by atoms with Crippen LogP contribution in [0.2, 0.25) is 0 Å². The molecule has 1 aliphatic rings. The van der Waals surface area contributed by atoms with Crippen LogP contribution in [0.4, 0.5) is 0 Å². The summed E-state index contributed by atoms with van der Waals surface area (Å²) in [6, 6.07) is 37.4. The molecule has 1 nitrogen and oxygen atoms in total. The summed E-state index contributed by atoms with van der Waals surface area (Å²) in [6.07, 6.45) is 10.0. The van der Waals surface area contributed by atoms with Gasteiger partial charge < -0.3 is 4.42 Å². The molecule has 0 spiro atoms. The van der Waals surface area contributed by atoms with Gasteiger partial charge in [-0.25, -0.2) is 0 Å². The third-order valence-corrected chi connectivity index (χ3v) is 7.97. The maximum Gasteiger partial charge on any atom is 0.136 e. The summed E-state index contributed by atoms with van der Waals surface area (Å²) in [4.78, 5) is 0. The lowest BCUT2D eigenvalue weighted by Crippen LogP contribution is -2.00. The number of hydrogen-bond acceptors (Lipinski definition) is 1. The number of hydrogen-bond donors (Lipinski definition) is 0. The standard InChI is InChI=1S/C36H24O/c1-2-11-24(12-3-1)34-27-14-6-8-16-29(27)35(30-17-9-7-15-28(30)34)25-19-20-32-31(22-25)36-26-13-5-4-10-23(26)18-21-33(36)37-32/h1-11,13-22,24H,12H2. The highest BCUT2D eigenvalue weighted by Crippen LogP contribution is 2.45. The predicted octanol–water partition coefficient (Wildman–Crippen LogP) is 10.3. The second-order valence-corrected chi connectivity index (χ2v) is 10.0. The molecule has 0 N–H and O–H groups in total. The van der Waals surface area contributed by atoms with Gasteiger partial charge in [-0.05, 0) is 73.6 Å². The summed E-state index contributed by atoms with van der Waals surface area (Å²) in [6.45, 7) is 0. The Morgan fingerprint density at radius 1 is 0.568 bits per heavy atom. The van der Waals surface area contributed by atoms with Crippen molar-refractivity contribution in [1.29, 1.82) is 0 Å². The summed E-state index contributed by atoms with van der Waals surface area (Å²) in [5.41, 5.74) is 5.81. The molecule has 8 rings (SSSR count). The quantitative estimate of drug-likeness (QED) is 0.228. The van der Waals surface area contributed by atoms with Crippen molar-refractivity contribution in [3.63, 3.8) is 0 Å². The van der Waals surface area contributed by atoms with Crippen molar-refractivity contribution in [3.05, 3.63) is 133 Å². The number of furan rings is 1. The largest absolute Gasteiger partial charge is 0.456 e. The molecule has 0 aliphatic heterocycles. The molecule has 1 atom stereocenters. The molecule has 1 unspecified atom stereocenters. The van der Waals surface area contributed by atoms with E-state index in [1.54, 1.807) is 0 Å². The van der Waals surface area contributed by atoms with E-state index in [2.05, 4.69) is 127 Å². The van der Waals surface area contributed by atoms with Crippen LogP contribution in [-0.4, -0.2) is 0 Å². The fraction of sp³-hybridized carbons (Fsp3) is 0.0556. The Labute approximate surface area is 214 Å². The van der Waals surface area contributed by atoms with Gasteiger partial charge in [0.25, 0.3) is 0 Å². The van der Waals surface area contributed by atoms with Gasteiger partial charge in [0, 0.05) is 16.7 Å². The molecule has 1 heterocycles. The molecule has 0 saturated carbocycles. The average molecular weight is 473 g/mol. The lowest BCUT2D eigenvalue weighted by Gasteiger charge is -2.22. The van der Waals surface area contributed by atoms with Crippen molar-refractivity contribution < 1.29 is 4.42 Å². The summed E-state index contributed by atoms with van der Waals surface area (Å²) in [7, 11) is 0. The van der Waals surface area contributed by atoms with Crippen LogP contribution in [0.15, 0.2) is 132 Å². The zero-order chi connectivity index (χ0) is 24.3. The van der Waals surface area contributed by atoms with Crippen LogP contribution in [0.3, 0.4) is 0 Å². The fourth-order valence-electron chi connectivity index (χ4n) is 6.37. The molecule has 37 heavy (non-hydrogen) atoms. The minimum Gasteiger partial charge on any atom is -0.456 e. The minimum atomic E-state index is 0.375. The molecule has 0 bridgehead atoms. The van der Waals surface area contributed by atoms with E-state index in [1.807, 2.05) is 0 Å². The molecule has 1 aromatic heterocycles. The summed E-state index contributed by atoms with van der Waals surface area (Å²) in [5, 5.41) is 10.1. The van der Waals surface area contributed by atoms with Gasteiger partial charge in [0.15, 0.2) is 0 Å². The molecule has 0 radical (unpaired) electrons. The number of rotatable bonds is 2. The Hall–Kier alpha value is -4.62. The smallest absolute Gasteiger partial charge is 0.136 e. The molecule has 6 aromatic carbocycles. The van der Waals surface area contributed by atoms with Gasteiger partial charge in [0.05, 0.1) is 0 Å². The van der Waals surface area contributed by atoms with Crippen LogP contribution in [0.5, 0.6) is 0 Å². The topological polar surface area (TPSA) is 13.1 Å². The highest BCUT2D eigenvalue weighted by Gasteiger charge is 2.21. The second-order valence-electron chi connectivity index (χ2n) is 10.0. The number of benzene rings is 6. The van der Waals surface area contributed by atoms with Crippen LogP contribution in [0.1, 0.15) is 17.9 Å². The van der Waals surface area contributed by atoms with Gasteiger partial charge >= 0.3 is 0 Å². The molecule has 0 fully saturated rings. The summed E-state index contributed by atoms with van der Waals surface area (Å²) >= 11 is 0. The van der Waals surface area contributed by atoms with E-state index < -0.39 is 0 Å². The van der Waals surface area contributed by atoms with Gasteiger partial charge in [-0.1, -0.05) is 109 Å². The van der Waals surface area contributed by atoms with Crippen LogP contribution in [0, 0.1) is 0 Å². The third-order valence-electron chi connectivity index (χ3n) is 7.97. The average Bonchev–Trinajstić information content (AvgIpc) is 3.35. The maximum atomic E-state index is 6.31. The van der Waals surface area contributed by atoms with E-state index in [-0.39, 0.29) is 0 Å². The van der Waals surface area contributed by atoms with Gasteiger partial charge in [-0.2, -0.15) is 0 Å². The van der Waals surface area contributed by atoms with Crippen molar-refractivity contribution in [3.8, 4) is 11.1 Å². The lowest BCUT2D eigenvalue weighted by atomic mass is 9.81. The SMILES string of the molecule is C1=CCC(c2c3ccccc3c(-c3ccc4oc5ccc6ccccc6c5c4c3)c3ccccc23)C=C1. The fourth-order valence-corrected chi connectivity index (χ4v) is 6.37. The number of allylic oxidation sites excluding steroid dienone is 4. The van der Waals surface area contributed by atoms with E-state index in [1.165, 1.54) is 59.8 Å². The van der Waals surface area contributed by atoms with Crippen molar-refractivity contribution in [1.82, 2.24) is 0 Å². The van der Waals surface area contributed by atoms with Crippen LogP contribution in [-0.2, 0) is 0 Å². The maximum absolute atomic E-state index is 6.31. The zero-order valence-corrected chi connectivity index (χ0v) is 20.3. The first-order chi connectivity index (χ1) is 18.4. The molecule has 174 valence electrons. The van der Waals surface area contributed by atoms with Crippen molar-refractivity contribution in [2.24, 2.45) is 0 Å². The summed E-state index contributed by atoms with van der Waals surface area (Å²) < 4.78 is 6.31. The zero-order valence-electron chi connectivity index (χ0n) is 20.3. The number of fused-ring (bicyclic) bond motifs is 7. The molecule has 7 aromatic rings. The van der Waals surface area contributed by atoms with E-state index >= 15 is 0 Å². The predicted molar refractivity (Wildman–Crippen MR) is 157 cm³/mol. The molecular weight excluding hydrogens is 448 g/mol. The van der Waals surface area contributed by atoms with Gasteiger partial charge in [0.1, 0.15) is 11.2 Å². The first kappa shape index (κ1) is 20.6. The Morgan fingerprint density at radius 2 is 1.24 bits per heavy atom. The van der Waals surface area contributed by atoms with E-state index in [0.717, 1.165) is 17.6 Å². The van der Waals surface area contributed by atoms with E-state index in [0.29, 0.717) is 5.92 Å². The molecule has 1 aliphatic carbocycles. The third kappa shape index (κ3) is 3.04. The molecular formula is C36H24O. The van der Waals surface area contributed by atoms with Crippen LogP contribution >= 0.6 is 0 Å². The van der Waals surface area contributed by atoms with Gasteiger partial charge in [-0.15, -0.1) is 0 Å². The Balaban J connectivity index is 1.48. The second kappa shape index (κ2) is 7.94. The Kier molecular flexibility index (Phi) is 4.41. The lowest BCUT2D eigenvalue weighted by molar-refractivity contribution is 0.669. The molecule has 0 saturated heterocycles. The monoisotopic (exact) mass is 472 g/mol. The minimum absolute atomic E-state index is 0.375. The highest BCUT2D eigenvalue weighted by atomic mass is 16.3. The van der Waals surface area contributed by atoms with E-state index in [9.17, 15) is 0 Å². The normalized spacial score (nSPS) is 15.5. The van der Waals surface area contributed by atoms with Gasteiger partial charge in [0.2, 0.25) is 0 Å². The van der Waals surface area contributed by atoms with Crippen molar-refractivity contribution >= 4 is 54.3 Å². The molecule has 1 heteroatoms. The molecule has 0 amide bonds. The summed E-state index contributed by atoms with van der Waals surface area (Å²) in [5.74, 6) is 0.375. The van der Waals surface area contributed by atoms with Crippen molar-refractivity contribution in [2.45, 2.75) is 12.3 Å². The van der Waals surface area contributed by atoms with Crippen LogP contribution < -0.4 is 0 Å². The highest BCUT2D eigenvalue weighted by molar-refractivity contribution is 6.21. The first-order valence-electron chi connectivity index (χ1n) is 13.0. The Morgan fingerprint density at radius 3 is 1.97 bits per heavy atom. The Bertz CT molecular complexity index is 2010.